The maximum atomic E-state index is 12.6. The zero-order valence-corrected chi connectivity index (χ0v) is 17.1. The Kier molecular flexibility index (Phi) is 6.77. The van der Waals surface area contributed by atoms with E-state index in [1.54, 1.807) is 55.7 Å². The van der Waals surface area contributed by atoms with Crippen molar-refractivity contribution >= 4 is 15.8 Å². The normalized spacial score (nSPS) is 11.2. The molecule has 2 aromatic carbocycles. The average Bonchev–Trinajstić information content (AvgIpc) is 2.73. The van der Waals surface area contributed by atoms with E-state index < -0.39 is 9.84 Å². The third-order valence-electron chi connectivity index (χ3n) is 4.44. The Morgan fingerprint density at radius 2 is 1.72 bits per heavy atom. The second-order valence-corrected chi connectivity index (χ2v) is 8.84. The third kappa shape index (κ3) is 5.99. The van der Waals surface area contributed by atoms with E-state index in [9.17, 15) is 13.2 Å². The largest absolute Gasteiger partial charge is 0.427 e. The molecule has 3 aromatic rings. The van der Waals surface area contributed by atoms with Crippen LogP contribution in [0.25, 0.3) is 0 Å². The summed E-state index contributed by atoms with van der Waals surface area (Å²) in [5, 5.41) is 0. The van der Waals surface area contributed by atoms with Crippen molar-refractivity contribution in [3.63, 3.8) is 0 Å². The summed E-state index contributed by atoms with van der Waals surface area (Å²) in [7, 11) is -3.39. The minimum absolute atomic E-state index is 0.0193. The predicted octanol–water partition coefficient (Wildman–Crippen LogP) is 4.00. The first-order valence-electron chi connectivity index (χ1n) is 9.46. The van der Waals surface area contributed by atoms with Gasteiger partial charge in [-0.3, -0.25) is 9.78 Å². The first-order chi connectivity index (χ1) is 14.0. The van der Waals surface area contributed by atoms with Crippen LogP contribution in [0.5, 0.6) is 5.75 Å². The Balaban J connectivity index is 1.83. The summed E-state index contributed by atoms with van der Waals surface area (Å²) in [5.74, 6) is 0.0888. The lowest BCUT2D eigenvalue weighted by Gasteiger charge is -2.11. The van der Waals surface area contributed by atoms with Crippen molar-refractivity contribution in [1.82, 2.24) is 4.98 Å². The fourth-order valence-corrected chi connectivity index (χ4v) is 4.29. The molecule has 3 rings (SSSR count). The van der Waals surface area contributed by atoms with E-state index in [2.05, 4.69) is 4.98 Å². The molecule has 0 atom stereocenters. The lowest BCUT2D eigenvalue weighted by molar-refractivity contribution is -0.134. The third-order valence-corrected chi connectivity index (χ3v) is 6.17. The molecule has 0 aliphatic carbocycles. The van der Waals surface area contributed by atoms with Crippen LogP contribution in [0.15, 0.2) is 78.0 Å². The van der Waals surface area contributed by atoms with Crippen LogP contribution in [0.3, 0.4) is 0 Å². The van der Waals surface area contributed by atoms with Gasteiger partial charge in [0.25, 0.3) is 0 Å². The fraction of sp³-hybridized carbons (Fsp3) is 0.217. The molecule has 0 unspecified atom stereocenters. The molecule has 0 saturated carbocycles. The number of hydrogen-bond acceptors (Lipinski definition) is 5. The molecule has 1 heterocycles. The van der Waals surface area contributed by atoms with Crippen molar-refractivity contribution in [1.29, 1.82) is 0 Å². The van der Waals surface area contributed by atoms with Gasteiger partial charge < -0.3 is 4.74 Å². The van der Waals surface area contributed by atoms with Gasteiger partial charge in [0.1, 0.15) is 5.75 Å². The van der Waals surface area contributed by atoms with Gasteiger partial charge >= 0.3 is 5.97 Å². The maximum Gasteiger partial charge on any atom is 0.310 e. The van der Waals surface area contributed by atoms with E-state index in [4.69, 9.17) is 4.74 Å². The molecule has 0 amide bonds. The molecule has 1 aromatic heterocycles. The van der Waals surface area contributed by atoms with Gasteiger partial charge in [-0.1, -0.05) is 37.3 Å². The quantitative estimate of drug-likeness (QED) is 0.415. The number of pyridine rings is 1. The maximum absolute atomic E-state index is 12.6. The second-order valence-electron chi connectivity index (χ2n) is 6.73. The summed E-state index contributed by atoms with van der Waals surface area (Å²) in [5.41, 5.74) is 2.77. The van der Waals surface area contributed by atoms with E-state index in [1.807, 2.05) is 24.3 Å². The van der Waals surface area contributed by atoms with Crippen LogP contribution in [0, 0.1) is 0 Å². The summed E-state index contributed by atoms with van der Waals surface area (Å²) < 4.78 is 30.6. The van der Waals surface area contributed by atoms with Gasteiger partial charge in [0.2, 0.25) is 0 Å². The van der Waals surface area contributed by atoms with Gasteiger partial charge in [-0.2, -0.15) is 0 Å². The Bertz CT molecular complexity index is 1060. The topological polar surface area (TPSA) is 73.3 Å². The Hall–Kier alpha value is -2.99. The summed E-state index contributed by atoms with van der Waals surface area (Å²) in [6, 6.07) is 17.8. The molecule has 0 bridgehead atoms. The van der Waals surface area contributed by atoms with Gasteiger partial charge in [0.15, 0.2) is 9.84 Å². The number of rotatable bonds is 8. The summed E-state index contributed by atoms with van der Waals surface area (Å²) in [6.45, 7) is 1.73. The SMILES string of the molecule is CCC(=O)Oc1cc(CCS(=O)(=O)c2ccccc2)cc(Cc2cccnc2)c1. The van der Waals surface area contributed by atoms with Crippen molar-refractivity contribution in [2.75, 3.05) is 5.75 Å². The number of aryl methyl sites for hydroxylation is 1. The van der Waals surface area contributed by atoms with Crippen LogP contribution < -0.4 is 4.74 Å². The summed E-state index contributed by atoms with van der Waals surface area (Å²) in [6.07, 6.45) is 4.70. The molecule has 0 radical (unpaired) electrons. The van der Waals surface area contributed by atoms with E-state index in [0.717, 1.165) is 16.7 Å². The smallest absolute Gasteiger partial charge is 0.310 e. The first-order valence-corrected chi connectivity index (χ1v) is 11.1. The number of hydrogen-bond donors (Lipinski definition) is 0. The minimum atomic E-state index is -3.39. The van der Waals surface area contributed by atoms with Gasteiger partial charge in [-0.25, -0.2) is 8.42 Å². The Labute approximate surface area is 171 Å². The minimum Gasteiger partial charge on any atom is -0.427 e. The molecule has 0 fully saturated rings. The number of ether oxygens (including phenoxy) is 1. The van der Waals surface area contributed by atoms with E-state index in [0.29, 0.717) is 23.5 Å². The number of carbonyl (C=O) groups excluding carboxylic acids is 1. The fourth-order valence-electron chi connectivity index (χ4n) is 2.97. The van der Waals surface area contributed by atoms with Crippen LogP contribution in [-0.4, -0.2) is 25.1 Å². The highest BCUT2D eigenvalue weighted by molar-refractivity contribution is 7.91. The van der Waals surface area contributed by atoms with Gasteiger partial charge in [-0.15, -0.1) is 0 Å². The van der Waals surface area contributed by atoms with Crippen LogP contribution >= 0.6 is 0 Å². The molecular formula is C23H23NO4S. The Morgan fingerprint density at radius 1 is 0.966 bits per heavy atom. The van der Waals surface area contributed by atoms with Crippen molar-refractivity contribution in [2.24, 2.45) is 0 Å². The number of carbonyl (C=O) groups is 1. The molecule has 5 nitrogen and oxygen atoms in total. The predicted molar refractivity (Wildman–Crippen MR) is 112 cm³/mol. The highest BCUT2D eigenvalue weighted by Gasteiger charge is 2.15. The molecule has 150 valence electrons. The number of nitrogens with zero attached hydrogens (tertiary/aromatic N) is 1. The van der Waals surface area contributed by atoms with Crippen molar-refractivity contribution in [3.8, 4) is 5.75 Å². The molecule has 6 heteroatoms. The summed E-state index contributed by atoms with van der Waals surface area (Å²) in [4.78, 5) is 16.2. The lowest BCUT2D eigenvalue weighted by atomic mass is 10.0. The first kappa shape index (κ1) is 20.7. The highest BCUT2D eigenvalue weighted by atomic mass is 32.2. The molecule has 0 spiro atoms. The molecule has 0 saturated heterocycles. The monoisotopic (exact) mass is 409 g/mol. The Morgan fingerprint density at radius 3 is 2.41 bits per heavy atom. The molecule has 0 aliphatic rings. The molecular weight excluding hydrogens is 386 g/mol. The highest BCUT2D eigenvalue weighted by Crippen LogP contribution is 2.22. The average molecular weight is 410 g/mol. The summed E-state index contributed by atoms with van der Waals surface area (Å²) >= 11 is 0. The number of sulfone groups is 1. The zero-order chi connectivity index (χ0) is 20.7. The van der Waals surface area contributed by atoms with Crippen LogP contribution in [0.2, 0.25) is 0 Å². The second kappa shape index (κ2) is 9.47. The number of esters is 1. The van der Waals surface area contributed by atoms with Crippen LogP contribution in [0.4, 0.5) is 0 Å². The lowest BCUT2D eigenvalue weighted by Crippen LogP contribution is -2.10. The van der Waals surface area contributed by atoms with E-state index >= 15 is 0 Å². The zero-order valence-electron chi connectivity index (χ0n) is 16.2. The van der Waals surface area contributed by atoms with E-state index in [1.165, 1.54) is 0 Å². The number of aromatic nitrogens is 1. The van der Waals surface area contributed by atoms with Crippen molar-refractivity contribution in [2.45, 2.75) is 31.1 Å². The van der Waals surface area contributed by atoms with Crippen molar-refractivity contribution in [3.05, 3.63) is 89.7 Å². The van der Waals surface area contributed by atoms with Gasteiger partial charge in [0, 0.05) is 18.8 Å². The molecule has 29 heavy (non-hydrogen) atoms. The number of benzene rings is 2. The van der Waals surface area contributed by atoms with Crippen molar-refractivity contribution < 1.29 is 17.9 Å². The standard InChI is InChI=1S/C23H23NO4S/c1-2-23(25)28-21-15-18(10-12-29(26,27)22-8-4-3-5-9-22)13-20(16-21)14-19-7-6-11-24-17-19/h3-9,11,13,15-17H,2,10,12,14H2,1H3. The molecule has 0 N–H and O–H groups in total. The van der Waals surface area contributed by atoms with E-state index in [-0.39, 0.29) is 18.1 Å². The van der Waals surface area contributed by atoms with Gasteiger partial charge in [0.05, 0.1) is 10.6 Å². The van der Waals surface area contributed by atoms with Crippen LogP contribution in [0.1, 0.15) is 30.0 Å². The van der Waals surface area contributed by atoms with Crippen LogP contribution in [-0.2, 0) is 27.5 Å². The molecule has 0 aliphatic heterocycles. The van der Waals surface area contributed by atoms with Gasteiger partial charge in [-0.05, 0) is 59.9 Å².